The van der Waals surface area contributed by atoms with Gasteiger partial charge in [-0.15, -0.1) is 0 Å². The number of aryl methyl sites for hydroxylation is 1. The van der Waals surface area contributed by atoms with E-state index in [0.29, 0.717) is 6.42 Å². The van der Waals surface area contributed by atoms with Crippen molar-refractivity contribution >= 4 is 11.8 Å². The lowest BCUT2D eigenvalue weighted by atomic mass is 9.95. The number of benzene rings is 2. The van der Waals surface area contributed by atoms with Gasteiger partial charge in [0.05, 0.1) is 0 Å². The van der Waals surface area contributed by atoms with Crippen molar-refractivity contribution in [3.05, 3.63) is 65.5 Å². The maximum absolute atomic E-state index is 13.9. The number of hydrogen-bond donors (Lipinski definition) is 1. The van der Waals surface area contributed by atoms with Crippen LogP contribution in [-0.4, -0.2) is 35.4 Å². The number of amides is 2. The highest BCUT2D eigenvalue weighted by Gasteiger charge is 2.30. The Bertz CT molecular complexity index is 894. The summed E-state index contributed by atoms with van der Waals surface area (Å²) in [6.07, 6.45) is 5.87. The maximum atomic E-state index is 13.9. The topological polar surface area (TPSA) is 58.6 Å². The first kappa shape index (κ1) is 23.8. The first-order valence-corrected chi connectivity index (χ1v) is 11.5. The molecule has 6 heteroatoms. The molecule has 172 valence electrons. The van der Waals surface area contributed by atoms with Crippen LogP contribution >= 0.6 is 0 Å². The summed E-state index contributed by atoms with van der Waals surface area (Å²) in [6, 6.07) is 13.4. The number of ether oxygens (including phenoxy) is 1. The molecule has 1 saturated carbocycles. The number of halogens is 1. The quantitative estimate of drug-likeness (QED) is 0.611. The summed E-state index contributed by atoms with van der Waals surface area (Å²) in [7, 11) is 0. The third kappa shape index (κ3) is 6.55. The molecule has 2 aromatic rings. The molecule has 0 aliphatic heterocycles. The Kier molecular flexibility index (Phi) is 8.65. The van der Waals surface area contributed by atoms with Gasteiger partial charge in [0.1, 0.15) is 6.04 Å². The van der Waals surface area contributed by atoms with E-state index in [2.05, 4.69) is 5.32 Å². The predicted molar refractivity (Wildman–Crippen MR) is 123 cm³/mol. The van der Waals surface area contributed by atoms with E-state index in [1.54, 1.807) is 17.0 Å². The van der Waals surface area contributed by atoms with Gasteiger partial charge in [-0.1, -0.05) is 68.1 Å². The largest absolute Gasteiger partial charge is 0.481 e. The fourth-order valence-electron chi connectivity index (χ4n) is 4.14. The molecule has 1 atom stereocenters. The zero-order valence-corrected chi connectivity index (χ0v) is 19.0. The number of nitrogens with zero attached hydrogens (tertiary/aromatic N) is 1. The molecule has 0 saturated heterocycles. The van der Waals surface area contributed by atoms with Crippen molar-refractivity contribution in [1.29, 1.82) is 0 Å². The zero-order chi connectivity index (χ0) is 22.9. The van der Waals surface area contributed by atoms with E-state index in [-0.39, 0.29) is 36.8 Å². The zero-order valence-electron chi connectivity index (χ0n) is 19.0. The number of carbonyl (C=O) groups is 2. The molecule has 1 fully saturated rings. The molecule has 32 heavy (non-hydrogen) atoms. The summed E-state index contributed by atoms with van der Waals surface area (Å²) in [5, 5.41) is 3.15. The highest BCUT2D eigenvalue weighted by Crippen LogP contribution is 2.20. The van der Waals surface area contributed by atoms with Gasteiger partial charge < -0.3 is 15.0 Å². The number of carbonyl (C=O) groups excluding carboxylic acids is 2. The van der Waals surface area contributed by atoms with Crippen LogP contribution in [0.25, 0.3) is 0 Å². The molecule has 1 N–H and O–H groups in total. The van der Waals surface area contributed by atoms with Crippen molar-refractivity contribution in [3.8, 4) is 5.75 Å². The van der Waals surface area contributed by atoms with Gasteiger partial charge >= 0.3 is 0 Å². The number of hydrogen-bond acceptors (Lipinski definition) is 3. The van der Waals surface area contributed by atoms with Crippen LogP contribution in [0.2, 0.25) is 0 Å². The molecule has 0 unspecified atom stereocenters. The molecular weight excluding hydrogens is 407 g/mol. The number of para-hydroxylation sites is 1. The van der Waals surface area contributed by atoms with E-state index in [1.165, 1.54) is 18.6 Å². The predicted octanol–water partition coefficient (Wildman–Crippen LogP) is 4.77. The summed E-state index contributed by atoms with van der Waals surface area (Å²) < 4.78 is 19.4. The highest BCUT2D eigenvalue weighted by molar-refractivity contribution is 5.88. The van der Waals surface area contributed by atoms with Gasteiger partial charge in [0, 0.05) is 12.6 Å². The second kappa shape index (κ2) is 11.7. The van der Waals surface area contributed by atoms with Crippen LogP contribution in [-0.2, 0) is 16.1 Å². The number of rotatable bonds is 9. The lowest BCUT2D eigenvalue weighted by Gasteiger charge is -2.32. The molecule has 1 aliphatic carbocycles. The molecule has 2 aromatic carbocycles. The summed E-state index contributed by atoms with van der Waals surface area (Å²) in [5.41, 5.74) is 2.05. The molecule has 5 nitrogen and oxygen atoms in total. The summed E-state index contributed by atoms with van der Waals surface area (Å²) in [5.74, 6) is -0.978. The monoisotopic (exact) mass is 440 g/mol. The van der Waals surface area contributed by atoms with Gasteiger partial charge in [-0.2, -0.15) is 0 Å². The molecular formula is C26H33FN2O3. The van der Waals surface area contributed by atoms with E-state index in [0.717, 1.165) is 36.8 Å². The Hall–Kier alpha value is -2.89. The van der Waals surface area contributed by atoms with Crippen molar-refractivity contribution < 1.29 is 18.7 Å². The molecule has 2 amide bonds. The Balaban J connectivity index is 1.75. The van der Waals surface area contributed by atoms with Crippen LogP contribution in [0.15, 0.2) is 48.5 Å². The molecule has 3 rings (SSSR count). The fraction of sp³-hybridized carbons (Fsp3) is 0.462. The highest BCUT2D eigenvalue weighted by atomic mass is 19.1. The smallest absolute Gasteiger partial charge is 0.261 e. The normalized spacial score (nSPS) is 15.1. The molecule has 0 bridgehead atoms. The average molecular weight is 441 g/mol. The Morgan fingerprint density at radius 2 is 1.78 bits per heavy atom. The minimum Gasteiger partial charge on any atom is -0.481 e. The first-order valence-electron chi connectivity index (χ1n) is 11.5. The molecule has 0 radical (unpaired) electrons. The van der Waals surface area contributed by atoms with Crippen LogP contribution in [0.1, 0.15) is 56.6 Å². The van der Waals surface area contributed by atoms with E-state index in [4.69, 9.17) is 4.74 Å². The summed E-state index contributed by atoms with van der Waals surface area (Å²) in [6.45, 7) is 3.86. The Morgan fingerprint density at radius 3 is 2.44 bits per heavy atom. The Labute approximate surface area is 190 Å². The lowest BCUT2D eigenvalue weighted by Crippen LogP contribution is -2.52. The van der Waals surface area contributed by atoms with Crippen LogP contribution in [0, 0.1) is 12.7 Å². The van der Waals surface area contributed by atoms with Crippen LogP contribution in [0.3, 0.4) is 0 Å². The van der Waals surface area contributed by atoms with Crippen LogP contribution < -0.4 is 10.1 Å². The van der Waals surface area contributed by atoms with Crippen molar-refractivity contribution in [1.82, 2.24) is 10.2 Å². The van der Waals surface area contributed by atoms with Gasteiger partial charge in [0.15, 0.2) is 18.2 Å². The van der Waals surface area contributed by atoms with Crippen LogP contribution in [0.4, 0.5) is 4.39 Å². The molecule has 0 spiro atoms. The lowest BCUT2D eigenvalue weighted by molar-refractivity contribution is -0.143. The van der Waals surface area contributed by atoms with Crippen molar-refractivity contribution in [2.24, 2.45) is 0 Å². The van der Waals surface area contributed by atoms with E-state index in [9.17, 15) is 14.0 Å². The van der Waals surface area contributed by atoms with Gasteiger partial charge in [-0.25, -0.2) is 4.39 Å². The molecule has 0 aromatic heterocycles. The fourth-order valence-corrected chi connectivity index (χ4v) is 4.14. The number of nitrogens with one attached hydrogen (secondary N) is 1. The third-order valence-corrected chi connectivity index (χ3v) is 6.00. The standard InChI is InChI=1S/C26H33FN2O3/c1-3-23(26(31)28-21-9-5-4-6-10-21)29(17-20-15-13-19(2)14-16-20)25(30)18-32-24-12-8-7-11-22(24)27/h7-8,11-16,21,23H,3-6,9-10,17-18H2,1-2H3,(H,28,31)/t23-/m0/s1. The maximum Gasteiger partial charge on any atom is 0.261 e. The van der Waals surface area contributed by atoms with Crippen molar-refractivity contribution in [2.75, 3.05) is 6.61 Å². The van der Waals surface area contributed by atoms with Crippen molar-refractivity contribution in [3.63, 3.8) is 0 Å². The average Bonchev–Trinajstić information content (AvgIpc) is 2.80. The minimum absolute atomic E-state index is 0.0239. The Morgan fingerprint density at radius 1 is 1.09 bits per heavy atom. The summed E-state index contributed by atoms with van der Waals surface area (Å²) >= 11 is 0. The van der Waals surface area contributed by atoms with E-state index in [1.807, 2.05) is 38.1 Å². The van der Waals surface area contributed by atoms with Gasteiger partial charge in [0.2, 0.25) is 5.91 Å². The van der Waals surface area contributed by atoms with Gasteiger partial charge in [0.25, 0.3) is 5.91 Å². The van der Waals surface area contributed by atoms with Gasteiger partial charge in [-0.3, -0.25) is 9.59 Å². The van der Waals surface area contributed by atoms with Crippen molar-refractivity contribution in [2.45, 2.75) is 71.0 Å². The summed E-state index contributed by atoms with van der Waals surface area (Å²) in [4.78, 5) is 27.9. The minimum atomic E-state index is -0.616. The molecule has 0 heterocycles. The second-order valence-corrected chi connectivity index (χ2v) is 8.49. The first-order chi connectivity index (χ1) is 15.5. The third-order valence-electron chi connectivity index (χ3n) is 6.00. The molecule has 1 aliphatic rings. The van der Waals surface area contributed by atoms with Crippen LogP contribution in [0.5, 0.6) is 5.75 Å². The SMILES string of the molecule is CC[C@@H](C(=O)NC1CCCCC1)N(Cc1ccc(C)cc1)C(=O)COc1ccccc1F. The van der Waals surface area contributed by atoms with E-state index >= 15 is 0 Å². The van der Waals surface area contributed by atoms with E-state index < -0.39 is 11.9 Å². The van der Waals surface area contributed by atoms with Gasteiger partial charge in [-0.05, 0) is 43.9 Å². The second-order valence-electron chi connectivity index (χ2n) is 8.49.